The van der Waals surface area contributed by atoms with Crippen LogP contribution in [0.5, 0.6) is 0 Å². The second-order valence-electron chi connectivity index (χ2n) is 14.1. The maximum Gasteiger partial charge on any atom is 0.137 e. The zero-order chi connectivity index (χ0) is 35.6. The van der Waals surface area contributed by atoms with Crippen LogP contribution in [0, 0.1) is 0 Å². The predicted molar refractivity (Wildman–Crippen MR) is 229 cm³/mol. The van der Waals surface area contributed by atoms with Crippen LogP contribution in [-0.2, 0) is 0 Å². The summed E-state index contributed by atoms with van der Waals surface area (Å²) in [5.74, 6) is 0. The van der Waals surface area contributed by atoms with Crippen molar-refractivity contribution < 1.29 is 4.42 Å². The van der Waals surface area contributed by atoms with Gasteiger partial charge in [0.15, 0.2) is 0 Å². The summed E-state index contributed by atoms with van der Waals surface area (Å²) in [6.45, 7) is 0. The average Bonchev–Trinajstić information content (AvgIpc) is 3.63. The van der Waals surface area contributed by atoms with Gasteiger partial charge in [0.1, 0.15) is 11.2 Å². The molecule has 0 amide bonds. The summed E-state index contributed by atoms with van der Waals surface area (Å²) in [7, 11) is 0. The number of furan rings is 1. The highest BCUT2D eigenvalue weighted by molar-refractivity contribution is 6.14. The van der Waals surface area contributed by atoms with Crippen LogP contribution in [0.1, 0.15) is 0 Å². The predicted octanol–water partition coefficient (Wildman–Crippen LogP) is 15.0. The van der Waals surface area contributed by atoms with Crippen molar-refractivity contribution in [1.29, 1.82) is 0 Å². The number of nitrogens with zero attached hydrogens (tertiary/aromatic N) is 1. The summed E-state index contributed by atoms with van der Waals surface area (Å²) in [5.41, 5.74) is 9.71. The molecule has 0 radical (unpaired) electrons. The van der Waals surface area contributed by atoms with Crippen molar-refractivity contribution in [2.75, 3.05) is 4.90 Å². The molecule has 10 aromatic carbocycles. The molecule has 0 N–H and O–H groups in total. The van der Waals surface area contributed by atoms with Crippen molar-refractivity contribution in [2.45, 2.75) is 0 Å². The van der Waals surface area contributed by atoms with E-state index in [0.29, 0.717) is 0 Å². The van der Waals surface area contributed by atoms with Gasteiger partial charge in [-0.3, -0.25) is 0 Å². The summed E-state index contributed by atoms with van der Waals surface area (Å²) in [6.07, 6.45) is 0. The molecule has 11 aromatic rings. The third-order valence-corrected chi connectivity index (χ3v) is 11.0. The van der Waals surface area contributed by atoms with E-state index in [-0.39, 0.29) is 0 Å². The minimum Gasteiger partial charge on any atom is -0.456 e. The Morgan fingerprint density at radius 1 is 0.296 bits per heavy atom. The van der Waals surface area contributed by atoms with E-state index >= 15 is 0 Å². The number of fused-ring (bicyclic) bond motifs is 9. The summed E-state index contributed by atoms with van der Waals surface area (Å²) in [6, 6.07) is 72.4. The topological polar surface area (TPSA) is 16.4 Å². The minimum atomic E-state index is 0.872. The normalized spacial score (nSPS) is 11.7. The lowest BCUT2D eigenvalue weighted by molar-refractivity contribution is 0.669. The van der Waals surface area contributed by atoms with Gasteiger partial charge >= 0.3 is 0 Å². The first-order valence-electron chi connectivity index (χ1n) is 18.5. The zero-order valence-corrected chi connectivity index (χ0v) is 29.4. The summed E-state index contributed by atoms with van der Waals surface area (Å²) in [4.78, 5) is 2.38. The van der Waals surface area contributed by atoms with Gasteiger partial charge in [0, 0.05) is 16.8 Å². The van der Waals surface area contributed by atoms with Crippen molar-refractivity contribution in [2.24, 2.45) is 0 Å². The van der Waals surface area contributed by atoms with Crippen LogP contribution in [0.25, 0.3) is 87.3 Å². The molecule has 0 saturated carbocycles. The molecule has 2 nitrogen and oxygen atoms in total. The van der Waals surface area contributed by atoms with Crippen LogP contribution in [0.4, 0.5) is 17.1 Å². The maximum absolute atomic E-state index is 6.40. The Morgan fingerprint density at radius 3 is 1.48 bits per heavy atom. The molecular weight excluding hydrogens is 655 g/mol. The minimum absolute atomic E-state index is 0.872. The van der Waals surface area contributed by atoms with Gasteiger partial charge in [0.25, 0.3) is 0 Å². The van der Waals surface area contributed by atoms with Crippen LogP contribution in [0.15, 0.2) is 205 Å². The Kier molecular flexibility index (Phi) is 6.90. The molecule has 0 saturated heterocycles. The molecule has 0 atom stereocenters. The van der Waals surface area contributed by atoms with E-state index in [1.165, 1.54) is 59.8 Å². The van der Waals surface area contributed by atoms with Gasteiger partial charge < -0.3 is 9.32 Å². The van der Waals surface area contributed by atoms with Crippen molar-refractivity contribution in [3.8, 4) is 22.3 Å². The highest BCUT2D eigenvalue weighted by atomic mass is 16.3. The number of hydrogen-bond acceptors (Lipinski definition) is 2. The third-order valence-electron chi connectivity index (χ3n) is 11.0. The lowest BCUT2D eigenvalue weighted by atomic mass is 9.96. The van der Waals surface area contributed by atoms with Crippen LogP contribution >= 0.6 is 0 Å². The first-order chi connectivity index (χ1) is 26.7. The molecule has 54 heavy (non-hydrogen) atoms. The molecule has 0 aliphatic heterocycles. The molecule has 0 spiro atoms. The molecule has 1 aromatic heterocycles. The first kappa shape index (κ1) is 30.5. The van der Waals surface area contributed by atoms with Crippen LogP contribution in [-0.4, -0.2) is 0 Å². The van der Waals surface area contributed by atoms with Crippen molar-refractivity contribution in [3.05, 3.63) is 200 Å². The van der Waals surface area contributed by atoms with Gasteiger partial charge in [-0.2, -0.15) is 0 Å². The van der Waals surface area contributed by atoms with Crippen molar-refractivity contribution >= 4 is 82.1 Å². The number of hydrogen-bond donors (Lipinski definition) is 0. The van der Waals surface area contributed by atoms with E-state index in [2.05, 4.69) is 199 Å². The Bertz CT molecular complexity index is 3230. The Morgan fingerprint density at radius 2 is 0.796 bits per heavy atom. The molecule has 11 rings (SSSR count). The van der Waals surface area contributed by atoms with E-state index in [0.717, 1.165) is 44.6 Å². The third kappa shape index (κ3) is 4.96. The van der Waals surface area contributed by atoms with Gasteiger partial charge in [-0.05, 0) is 120 Å². The first-order valence-corrected chi connectivity index (χ1v) is 18.5. The monoisotopic (exact) mass is 687 g/mol. The molecule has 0 aliphatic rings. The van der Waals surface area contributed by atoms with E-state index < -0.39 is 0 Å². The van der Waals surface area contributed by atoms with E-state index in [1.807, 2.05) is 6.07 Å². The number of para-hydroxylation sites is 1. The standard InChI is InChI=1S/C52H33NO/c1-3-13-44-35(9-1)19-21-37-23-25-40(32-47(37)44)34-27-29-42(30-28-34)53(49-16-8-18-51-52(49)46-15-5-6-17-50(46)54-51)43-12-7-11-39(31-43)41-26-24-38-22-20-36-10-2-4-14-45(36)48(38)33-41/h1-33H. The van der Waals surface area contributed by atoms with E-state index in [4.69, 9.17) is 4.42 Å². The molecule has 2 heteroatoms. The molecule has 0 unspecified atom stereocenters. The molecule has 0 bridgehead atoms. The van der Waals surface area contributed by atoms with E-state index in [1.54, 1.807) is 0 Å². The van der Waals surface area contributed by atoms with E-state index in [9.17, 15) is 0 Å². The number of anilines is 3. The van der Waals surface area contributed by atoms with Gasteiger partial charge in [0.05, 0.1) is 11.1 Å². The lowest BCUT2D eigenvalue weighted by Crippen LogP contribution is -2.10. The van der Waals surface area contributed by atoms with Crippen molar-refractivity contribution in [1.82, 2.24) is 0 Å². The molecule has 0 aliphatic carbocycles. The highest BCUT2D eigenvalue weighted by Crippen LogP contribution is 2.44. The zero-order valence-electron chi connectivity index (χ0n) is 29.4. The van der Waals surface area contributed by atoms with Crippen molar-refractivity contribution in [3.63, 3.8) is 0 Å². The van der Waals surface area contributed by atoms with Gasteiger partial charge in [-0.1, -0.05) is 146 Å². The summed E-state index contributed by atoms with van der Waals surface area (Å²) in [5, 5.41) is 12.3. The van der Waals surface area contributed by atoms with Crippen LogP contribution in [0.3, 0.4) is 0 Å². The molecular formula is C52H33NO. The second kappa shape index (κ2) is 12.2. The van der Waals surface area contributed by atoms with Gasteiger partial charge in [-0.15, -0.1) is 0 Å². The Hall–Kier alpha value is -7.16. The van der Waals surface area contributed by atoms with Gasteiger partial charge in [-0.25, -0.2) is 0 Å². The van der Waals surface area contributed by atoms with Gasteiger partial charge in [0.2, 0.25) is 0 Å². The molecule has 0 fully saturated rings. The van der Waals surface area contributed by atoms with Crippen LogP contribution < -0.4 is 4.90 Å². The Labute approximate surface area is 312 Å². The number of benzene rings is 10. The highest BCUT2D eigenvalue weighted by Gasteiger charge is 2.20. The molecule has 252 valence electrons. The largest absolute Gasteiger partial charge is 0.456 e. The fraction of sp³-hybridized carbons (Fsp3) is 0. The quantitative estimate of drug-likeness (QED) is 0.168. The fourth-order valence-electron chi connectivity index (χ4n) is 8.36. The fourth-order valence-corrected chi connectivity index (χ4v) is 8.36. The lowest BCUT2D eigenvalue weighted by Gasteiger charge is -2.27. The second-order valence-corrected chi connectivity index (χ2v) is 14.1. The SMILES string of the molecule is c1cc(-c2ccc3ccc4ccccc4c3c2)cc(N(c2ccc(-c3ccc4ccc5ccccc5c4c3)cc2)c2cccc3oc4ccccc4c23)c1. The molecule has 1 heterocycles. The van der Waals surface area contributed by atoms with Crippen LogP contribution in [0.2, 0.25) is 0 Å². The summed E-state index contributed by atoms with van der Waals surface area (Å²) < 4.78 is 6.40. The smallest absolute Gasteiger partial charge is 0.137 e. The average molecular weight is 688 g/mol. The number of rotatable bonds is 5. The maximum atomic E-state index is 6.40. The summed E-state index contributed by atoms with van der Waals surface area (Å²) >= 11 is 0. The Balaban J connectivity index is 1.07.